The van der Waals surface area contributed by atoms with E-state index in [0.29, 0.717) is 22.8 Å². The molecule has 3 rings (SSSR count). The Hall–Kier alpha value is -2.36. The Kier molecular flexibility index (Phi) is 7.46. The third-order valence-electron chi connectivity index (χ3n) is 4.27. The largest absolute Gasteiger partial charge is 0.379 e. The Bertz CT molecular complexity index is 808. The predicted molar refractivity (Wildman–Crippen MR) is 104 cm³/mol. The lowest BCUT2D eigenvalue weighted by Gasteiger charge is -2.26. The highest BCUT2D eigenvalue weighted by molar-refractivity contribution is 7.13. The van der Waals surface area contributed by atoms with Gasteiger partial charge in [-0.3, -0.25) is 14.5 Å². The Morgan fingerprint density at radius 1 is 1.21 bits per heavy atom. The number of rotatable bonds is 8. The zero-order valence-electron chi connectivity index (χ0n) is 15.4. The van der Waals surface area contributed by atoms with Crippen molar-refractivity contribution in [2.45, 2.75) is 6.42 Å². The molecule has 1 aliphatic heterocycles. The smallest absolute Gasteiger partial charge is 0.239 e. The van der Waals surface area contributed by atoms with Gasteiger partial charge in [0.05, 0.1) is 31.9 Å². The fourth-order valence-electron chi connectivity index (χ4n) is 2.79. The third-order valence-corrected chi connectivity index (χ3v) is 5.21. The molecule has 1 aromatic heterocycles. The molecule has 0 saturated carbocycles. The Balaban J connectivity index is 1.36. The van der Waals surface area contributed by atoms with Crippen LogP contribution < -0.4 is 10.6 Å². The van der Waals surface area contributed by atoms with E-state index in [1.165, 1.54) is 23.5 Å². The molecule has 0 bridgehead atoms. The van der Waals surface area contributed by atoms with Gasteiger partial charge < -0.3 is 15.4 Å². The maximum Gasteiger partial charge on any atom is 0.239 e. The number of carbonyl (C=O) groups excluding carboxylic acids is 2. The first kappa shape index (κ1) is 20.4. The van der Waals surface area contributed by atoms with Crippen LogP contribution in [0, 0.1) is 5.82 Å². The summed E-state index contributed by atoms with van der Waals surface area (Å²) in [5.41, 5.74) is 1.27. The van der Waals surface area contributed by atoms with Crippen LogP contribution in [0.1, 0.15) is 5.69 Å². The molecule has 2 amide bonds. The van der Waals surface area contributed by atoms with Crippen molar-refractivity contribution >= 4 is 23.2 Å². The predicted octanol–water partition coefficient (Wildman–Crippen LogP) is 1.06. The van der Waals surface area contributed by atoms with Gasteiger partial charge in [-0.15, -0.1) is 11.3 Å². The average Bonchev–Trinajstić information content (AvgIpc) is 3.16. The van der Waals surface area contributed by atoms with Gasteiger partial charge in [0.2, 0.25) is 11.8 Å². The third kappa shape index (κ3) is 6.36. The van der Waals surface area contributed by atoms with Crippen molar-refractivity contribution in [2.24, 2.45) is 0 Å². The number of morpholine rings is 1. The van der Waals surface area contributed by atoms with Crippen LogP contribution in [0.4, 0.5) is 4.39 Å². The van der Waals surface area contributed by atoms with E-state index in [9.17, 15) is 14.0 Å². The number of nitrogens with one attached hydrogen (secondary N) is 2. The van der Waals surface area contributed by atoms with Gasteiger partial charge in [-0.2, -0.15) is 0 Å². The summed E-state index contributed by atoms with van der Waals surface area (Å²) in [6.45, 7) is 4.43. The molecule has 1 fully saturated rings. The standard InChI is InChI=1S/C19H23FN4O3S/c20-15-3-1-2-14(10-15)19-23-16(13-28-19)11-17(25)22-12-18(26)21-4-5-24-6-8-27-9-7-24/h1-3,10,13H,4-9,11-12H2,(H,21,26)(H,22,25). The van der Waals surface area contributed by atoms with Gasteiger partial charge in [-0.25, -0.2) is 9.37 Å². The van der Waals surface area contributed by atoms with Gasteiger partial charge in [-0.05, 0) is 12.1 Å². The Labute approximate surface area is 166 Å². The zero-order chi connectivity index (χ0) is 19.8. The summed E-state index contributed by atoms with van der Waals surface area (Å²) in [5, 5.41) is 7.81. The molecule has 2 aromatic rings. The number of carbonyl (C=O) groups is 2. The zero-order valence-corrected chi connectivity index (χ0v) is 16.3. The first-order valence-corrected chi connectivity index (χ1v) is 10.0. The number of benzene rings is 1. The molecule has 1 aliphatic rings. The van der Waals surface area contributed by atoms with Gasteiger partial charge >= 0.3 is 0 Å². The van der Waals surface area contributed by atoms with E-state index in [1.54, 1.807) is 17.5 Å². The fourth-order valence-corrected chi connectivity index (χ4v) is 3.61. The number of ether oxygens (including phenoxy) is 1. The SMILES string of the molecule is O=C(CNC(=O)Cc1csc(-c2cccc(F)c2)n1)NCCN1CCOCC1. The minimum Gasteiger partial charge on any atom is -0.379 e. The molecule has 0 atom stereocenters. The number of thiazole rings is 1. The quantitative estimate of drug-likeness (QED) is 0.685. The molecule has 7 nitrogen and oxygen atoms in total. The summed E-state index contributed by atoms with van der Waals surface area (Å²) in [4.78, 5) is 30.5. The molecular weight excluding hydrogens is 383 g/mol. The lowest BCUT2D eigenvalue weighted by Crippen LogP contribution is -2.43. The van der Waals surface area contributed by atoms with E-state index in [0.717, 1.165) is 32.8 Å². The molecule has 1 saturated heterocycles. The summed E-state index contributed by atoms with van der Waals surface area (Å²) >= 11 is 1.35. The van der Waals surface area contributed by atoms with Crippen LogP contribution in [0.15, 0.2) is 29.6 Å². The molecular formula is C19H23FN4O3S. The van der Waals surface area contributed by atoms with Gasteiger partial charge in [0.25, 0.3) is 0 Å². The normalized spacial score (nSPS) is 14.6. The van der Waals surface area contributed by atoms with Crippen LogP contribution >= 0.6 is 11.3 Å². The molecule has 28 heavy (non-hydrogen) atoms. The van der Waals surface area contributed by atoms with Crippen molar-refractivity contribution in [1.29, 1.82) is 0 Å². The number of halogens is 1. The maximum atomic E-state index is 13.3. The summed E-state index contributed by atoms with van der Waals surface area (Å²) in [7, 11) is 0. The molecule has 1 aromatic carbocycles. The van der Waals surface area contributed by atoms with Crippen molar-refractivity contribution in [3.63, 3.8) is 0 Å². The summed E-state index contributed by atoms with van der Waals surface area (Å²) in [6, 6.07) is 6.17. The summed E-state index contributed by atoms with van der Waals surface area (Å²) < 4.78 is 18.6. The fraction of sp³-hybridized carbons (Fsp3) is 0.421. The number of amides is 2. The van der Waals surface area contributed by atoms with Gasteiger partial charge in [-0.1, -0.05) is 12.1 Å². The highest BCUT2D eigenvalue weighted by Crippen LogP contribution is 2.24. The summed E-state index contributed by atoms with van der Waals surface area (Å²) in [5.74, 6) is -0.827. The highest BCUT2D eigenvalue weighted by atomic mass is 32.1. The van der Waals surface area contributed by atoms with Crippen molar-refractivity contribution in [1.82, 2.24) is 20.5 Å². The molecule has 0 spiro atoms. The molecule has 2 heterocycles. The molecule has 0 unspecified atom stereocenters. The Morgan fingerprint density at radius 2 is 2.04 bits per heavy atom. The number of nitrogens with zero attached hydrogens (tertiary/aromatic N) is 2. The van der Waals surface area contributed by atoms with Crippen molar-refractivity contribution in [2.75, 3.05) is 45.9 Å². The first-order valence-electron chi connectivity index (χ1n) is 9.14. The van der Waals surface area contributed by atoms with Gasteiger partial charge in [0.15, 0.2) is 0 Å². The highest BCUT2D eigenvalue weighted by Gasteiger charge is 2.12. The van der Waals surface area contributed by atoms with Gasteiger partial charge in [0.1, 0.15) is 10.8 Å². The van der Waals surface area contributed by atoms with Crippen LogP contribution in [-0.4, -0.2) is 67.6 Å². The van der Waals surface area contributed by atoms with E-state index < -0.39 is 0 Å². The average molecular weight is 406 g/mol. The van der Waals surface area contributed by atoms with Crippen molar-refractivity contribution in [3.05, 3.63) is 41.2 Å². The van der Waals surface area contributed by atoms with E-state index in [4.69, 9.17) is 4.74 Å². The maximum absolute atomic E-state index is 13.3. The second-order valence-electron chi connectivity index (χ2n) is 6.41. The van der Waals surface area contributed by atoms with Crippen LogP contribution in [0.25, 0.3) is 10.6 Å². The van der Waals surface area contributed by atoms with E-state index in [2.05, 4.69) is 20.5 Å². The van der Waals surface area contributed by atoms with Gasteiger partial charge in [0, 0.05) is 37.1 Å². The van der Waals surface area contributed by atoms with E-state index in [1.807, 2.05) is 0 Å². The molecule has 0 radical (unpaired) electrons. The van der Waals surface area contributed by atoms with Crippen molar-refractivity contribution in [3.8, 4) is 10.6 Å². The topological polar surface area (TPSA) is 83.6 Å². The molecule has 2 N–H and O–H groups in total. The molecule has 9 heteroatoms. The number of hydrogen-bond acceptors (Lipinski definition) is 6. The van der Waals surface area contributed by atoms with Crippen LogP contribution in [0.2, 0.25) is 0 Å². The molecule has 0 aliphatic carbocycles. The molecule has 150 valence electrons. The van der Waals surface area contributed by atoms with Crippen LogP contribution in [-0.2, 0) is 20.7 Å². The van der Waals surface area contributed by atoms with Crippen molar-refractivity contribution < 1.29 is 18.7 Å². The van der Waals surface area contributed by atoms with E-state index >= 15 is 0 Å². The monoisotopic (exact) mass is 406 g/mol. The minimum absolute atomic E-state index is 0.0666. The second-order valence-corrected chi connectivity index (χ2v) is 7.27. The van der Waals surface area contributed by atoms with E-state index in [-0.39, 0.29) is 30.6 Å². The second kappa shape index (κ2) is 10.3. The lowest BCUT2D eigenvalue weighted by molar-refractivity contribution is -0.125. The Morgan fingerprint density at radius 3 is 2.82 bits per heavy atom. The summed E-state index contributed by atoms with van der Waals surface area (Å²) in [6.07, 6.45) is 0.0763. The number of hydrogen-bond donors (Lipinski definition) is 2. The minimum atomic E-state index is -0.327. The van der Waals surface area contributed by atoms with Crippen LogP contribution in [0.3, 0.4) is 0 Å². The number of aromatic nitrogens is 1. The lowest BCUT2D eigenvalue weighted by atomic mass is 10.2. The van der Waals surface area contributed by atoms with Crippen LogP contribution in [0.5, 0.6) is 0 Å². The first-order chi connectivity index (χ1) is 13.6.